The Bertz CT molecular complexity index is 477. The fraction of sp³-hybridized carbons (Fsp3) is 0.182. The minimum Gasteiger partial charge on any atom is -0.379 e. The number of anilines is 1. The maximum absolute atomic E-state index is 12.7. The summed E-state index contributed by atoms with van der Waals surface area (Å²) in [5, 5.41) is 9.12. The Morgan fingerprint density at radius 2 is 1.94 bits per heavy atom. The number of aromatic nitrogens is 2. The van der Waals surface area contributed by atoms with Crippen molar-refractivity contribution < 1.29 is 13.2 Å². The molecule has 1 aromatic heterocycles. The fourth-order valence-corrected chi connectivity index (χ4v) is 1.46. The van der Waals surface area contributed by atoms with Crippen molar-refractivity contribution in [3.8, 4) is 0 Å². The van der Waals surface area contributed by atoms with Crippen molar-refractivity contribution in [3.05, 3.63) is 47.8 Å². The quantitative estimate of drug-likeness (QED) is 0.867. The highest BCUT2D eigenvalue weighted by Crippen LogP contribution is 2.34. The molecule has 0 saturated heterocycles. The molecule has 0 fully saturated rings. The van der Waals surface area contributed by atoms with Gasteiger partial charge in [-0.3, -0.25) is 5.10 Å². The first kappa shape index (κ1) is 11.5. The Hall–Kier alpha value is -1.98. The van der Waals surface area contributed by atoms with Crippen molar-refractivity contribution in [2.75, 3.05) is 5.32 Å². The third-order valence-electron chi connectivity index (χ3n) is 2.26. The Morgan fingerprint density at radius 1 is 1.18 bits per heavy atom. The lowest BCUT2D eigenvalue weighted by molar-refractivity contribution is -0.136. The van der Waals surface area contributed by atoms with Crippen LogP contribution in [0, 0.1) is 0 Å². The highest BCUT2D eigenvalue weighted by molar-refractivity contribution is 5.52. The normalized spacial score (nSPS) is 11.5. The van der Waals surface area contributed by atoms with Crippen LogP contribution in [0.5, 0.6) is 0 Å². The predicted molar refractivity (Wildman–Crippen MR) is 57.4 cm³/mol. The van der Waals surface area contributed by atoms with E-state index in [1.807, 2.05) is 0 Å². The Balaban J connectivity index is 2.16. The first-order valence-corrected chi connectivity index (χ1v) is 4.96. The van der Waals surface area contributed by atoms with E-state index in [1.165, 1.54) is 12.1 Å². The maximum atomic E-state index is 12.7. The predicted octanol–water partition coefficient (Wildman–Crippen LogP) is 3.04. The van der Waals surface area contributed by atoms with Crippen molar-refractivity contribution in [1.29, 1.82) is 0 Å². The van der Waals surface area contributed by atoms with Gasteiger partial charge in [-0.25, -0.2) is 0 Å². The number of hydrogen-bond acceptors (Lipinski definition) is 2. The summed E-state index contributed by atoms with van der Waals surface area (Å²) in [6.45, 7) is 0.271. The molecule has 2 rings (SSSR count). The molecule has 3 nitrogen and oxygen atoms in total. The number of H-pyrrole nitrogens is 1. The van der Waals surface area contributed by atoms with Gasteiger partial charge in [-0.15, -0.1) is 0 Å². The lowest BCUT2D eigenvalue weighted by Crippen LogP contribution is -2.10. The van der Waals surface area contributed by atoms with Gasteiger partial charge < -0.3 is 5.32 Å². The van der Waals surface area contributed by atoms with E-state index in [0.29, 0.717) is 0 Å². The SMILES string of the molecule is FC(F)(F)c1ccccc1NCc1ccn[nH]1. The largest absolute Gasteiger partial charge is 0.418 e. The van der Waals surface area contributed by atoms with Crippen LogP contribution in [0.3, 0.4) is 0 Å². The number of nitrogens with one attached hydrogen (secondary N) is 2. The first-order valence-electron chi connectivity index (χ1n) is 4.96. The molecule has 0 spiro atoms. The van der Waals surface area contributed by atoms with Gasteiger partial charge in [-0.1, -0.05) is 12.1 Å². The molecule has 0 aliphatic rings. The second kappa shape index (κ2) is 4.48. The van der Waals surface area contributed by atoms with Gasteiger partial charge in [0, 0.05) is 11.9 Å². The molecule has 6 heteroatoms. The number of alkyl halides is 3. The van der Waals surface area contributed by atoms with Crippen molar-refractivity contribution in [2.24, 2.45) is 0 Å². The van der Waals surface area contributed by atoms with Crippen molar-refractivity contribution in [2.45, 2.75) is 12.7 Å². The van der Waals surface area contributed by atoms with Crippen molar-refractivity contribution >= 4 is 5.69 Å². The second-order valence-corrected chi connectivity index (χ2v) is 3.48. The van der Waals surface area contributed by atoms with Crippen molar-refractivity contribution in [1.82, 2.24) is 10.2 Å². The molecule has 2 N–H and O–H groups in total. The zero-order chi connectivity index (χ0) is 12.3. The Morgan fingerprint density at radius 3 is 2.59 bits per heavy atom. The van der Waals surface area contributed by atoms with Crippen LogP contribution in [0.15, 0.2) is 36.5 Å². The lowest BCUT2D eigenvalue weighted by atomic mass is 10.1. The van der Waals surface area contributed by atoms with E-state index in [2.05, 4.69) is 15.5 Å². The van der Waals surface area contributed by atoms with Gasteiger partial charge >= 0.3 is 6.18 Å². The maximum Gasteiger partial charge on any atom is 0.418 e. The van der Waals surface area contributed by atoms with Gasteiger partial charge in [0.05, 0.1) is 17.8 Å². The fourth-order valence-electron chi connectivity index (χ4n) is 1.46. The van der Waals surface area contributed by atoms with Gasteiger partial charge in [0.2, 0.25) is 0 Å². The zero-order valence-electron chi connectivity index (χ0n) is 8.75. The van der Waals surface area contributed by atoms with E-state index in [9.17, 15) is 13.2 Å². The molecule has 1 heterocycles. The molecule has 1 aromatic carbocycles. The summed E-state index contributed by atoms with van der Waals surface area (Å²) in [4.78, 5) is 0. The summed E-state index contributed by atoms with van der Waals surface area (Å²) >= 11 is 0. The molecule has 0 atom stereocenters. The van der Waals surface area contributed by atoms with Crippen molar-refractivity contribution in [3.63, 3.8) is 0 Å². The van der Waals surface area contributed by atoms with Gasteiger partial charge in [0.1, 0.15) is 0 Å². The topological polar surface area (TPSA) is 40.7 Å². The third-order valence-corrected chi connectivity index (χ3v) is 2.26. The smallest absolute Gasteiger partial charge is 0.379 e. The van der Waals surface area contributed by atoms with Crippen LogP contribution in [-0.4, -0.2) is 10.2 Å². The molecule has 0 unspecified atom stereocenters. The van der Waals surface area contributed by atoms with Gasteiger partial charge in [-0.2, -0.15) is 18.3 Å². The second-order valence-electron chi connectivity index (χ2n) is 3.48. The standard InChI is InChI=1S/C11H10F3N3/c12-11(13,14)9-3-1-2-4-10(9)15-7-8-5-6-16-17-8/h1-6,15H,7H2,(H,16,17). The number of nitrogens with zero attached hydrogens (tertiary/aromatic N) is 1. The molecule has 17 heavy (non-hydrogen) atoms. The van der Waals surface area contributed by atoms with E-state index < -0.39 is 11.7 Å². The Kier molecular flexibility index (Phi) is 3.03. The summed E-state index contributed by atoms with van der Waals surface area (Å²) in [5.41, 5.74) is 0.121. The average molecular weight is 241 g/mol. The summed E-state index contributed by atoms with van der Waals surface area (Å²) in [6.07, 6.45) is -2.80. The molecule has 0 radical (unpaired) electrons. The minimum atomic E-state index is -4.35. The average Bonchev–Trinajstić information content (AvgIpc) is 2.78. The van der Waals surface area contributed by atoms with E-state index in [1.54, 1.807) is 18.3 Å². The van der Waals surface area contributed by atoms with Crippen LogP contribution in [-0.2, 0) is 12.7 Å². The van der Waals surface area contributed by atoms with Crippen LogP contribution in [0.1, 0.15) is 11.3 Å². The first-order chi connectivity index (χ1) is 8.07. The minimum absolute atomic E-state index is 0.0644. The van der Waals surface area contributed by atoms with Gasteiger partial charge in [0.25, 0.3) is 0 Å². The van der Waals surface area contributed by atoms with E-state index >= 15 is 0 Å². The summed E-state index contributed by atoms with van der Waals surface area (Å²) in [7, 11) is 0. The van der Waals surface area contributed by atoms with Crippen LogP contribution < -0.4 is 5.32 Å². The number of hydrogen-bond donors (Lipinski definition) is 2. The number of para-hydroxylation sites is 1. The lowest BCUT2D eigenvalue weighted by Gasteiger charge is -2.13. The molecule has 90 valence electrons. The molecule has 0 amide bonds. The molecule has 2 aromatic rings. The summed E-state index contributed by atoms with van der Waals surface area (Å²) in [6, 6.07) is 7.08. The van der Waals surface area contributed by atoms with E-state index in [4.69, 9.17) is 0 Å². The molecular formula is C11H10F3N3. The number of benzene rings is 1. The number of aromatic amines is 1. The molecule has 0 aliphatic carbocycles. The van der Waals surface area contributed by atoms with E-state index in [0.717, 1.165) is 11.8 Å². The summed E-state index contributed by atoms with van der Waals surface area (Å²) < 4.78 is 38.0. The van der Waals surface area contributed by atoms with Crippen LogP contribution in [0.25, 0.3) is 0 Å². The van der Waals surface area contributed by atoms with E-state index in [-0.39, 0.29) is 12.2 Å². The van der Waals surface area contributed by atoms with Crippen LogP contribution in [0.4, 0.5) is 18.9 Å². The molecular weight excluding hydrogens is 231 g/mol. The summed E-state index contributed by atoms with van der Waals surface area (Å²) in [5.74, 6) is 0. The highest BCUT2D eigenvalue weighted by atomic mass is 19.4. The van der Waals surface area contributed by atoms with Crippen LogP contribution >= 0.6 is 0 Å². The zero-order valence-corrected chi connectivity index (χ0v) is 8.75. The number of halogens is 3. The van der Waals surface area contributed by atoms with Gasteiger partial charge in [0.15, 0.2) is 0 Å². The molecule has 0 aliphatic heterocycles. The third kappa shape index (κ3) is 2.77. The molecule has 0 saturated carbocycles. The monoisotopic (exact) mass is 241 g/mol. The number of rotatable bonds is 3. The van der Waals surface area contributed by atoms with Gasteiger partial charge in [-0.05, 0) is 18.2 Å². The molecule has 0 bridgehead atoms. The Labute approximate surface area is 95.7 Å². The van der Waals surface area contributed by atoms with Crippen LogP contribution in [0.2, 0.25) is 0 Å². The highest BCUT2D eigenvalue weighted by Gasteiger charge is 2.32.